The van der Waals surface area contributed by atoms with Crippen LogP contribution in [-0.2, 0) is 9.93 Å². The molecule has 0 spiro atoms. The zero-order chi connectivity index (χ0) is 25.2. The average Bonchev–Trinajstić information content (AvgIpc) is 3.47. The Hall–Kier alpha value is -4.21. The molecule has 5 aromatic rings. The highest BCUT2D eigenvalue weighted by molar-refractivity contribution is 5.95. The number of unbranched alkanes of at least 4 members (excludes halogenated alkanes) is 1. The van der Waals surface area contributed by atoms with Crippen molar-refractivity contribution in [2.75, 3.05) is 6.61 Å². The number of fused-ring (bicyclic) bond motifs is 2. The summed E-state index contributed by atoms with van der Waals surface area (Å²) in [7, 11) is 0. The summed E-state index contributed by atoms with van der Waals surface area (Å²) in [6.07, 6.45) is 2.07. The number of aryl methyl sites for hydroxylation is 2. The number of hydrogen-bond donors (Lipinski definition) is 1. The lowest BCUT2D eigenvalue weighted by Crippen LogP contribution is -2.06. The Morgan fingerprint density at radius 3 is 2.06 bits per heavy atom. The number of oxazole rings is 2. The third-order valence-corrected chi connectivity index (χ3v) is 5.89. The minimum Gasteiger partial charge on any atom is -0.493 e. The first-order valence-electron chi connectivity index (χ1n) is 11.5. The predicted octanol–water partition coefficient (Wildman–Crippen LogP) is 6.66. The van der Waals surface area contributed by atoms with Crippen LogP contribution in [0.25, 0.3) is 45.1 Å². The van der Waals surface area contributed by atoms with Gasteiger partial charge in [0.2, 0.25) is 11.8 Å². The van der Waals surface area contributed by atoms with E-state index < -0.39 is 5.97 Å². The third-order valence-electron chi connectivity index (χ3n) is 5.89. The van der Waals surface area contributed by atoms with Crippen molar-refractivity contribution < 1.29 is 33.5 Å². The number of carbonyl (C=O) groups excluding carboxylic acids is 1. The van der Waals surface area contributed by atoms with Gasteiger partial charge in [0.05, 0.1) is 12.2 Å². The highest BCUT2D eigenvalue weighted by Gasteiger charge is 2.17. The van der Waals surface area contributed by atoms with Crippen molar-refractivity contribution in [3.05, 3.63) is 65.2 Å². The largest absolute Gasteiger partial charge is 0.493 e. The fraction of sp³-hybridized carbons (Fsp3) is 0.222. The van der Waals surface area contributed by atoms with Gasteiger partial charge in [0.25, 0.3) is 0 Å². The molecule has 2 heterocycles. The second-order valence-electron chi connectivity index (χ2n) is 8.48. The number of aromatic nitrogens is 2. The lowest BCUT2D eigenvalue weighted by Gasteiger charge is -2.07. The standard InChI is InChI=1S/C27H24N2O7/c1-4-5-10-32-22-14-24-21(12-16(22)3)29-26(34-24)18-8-6-17(7-9-18)25-28-20-11-15(2)19(13-23(20)33-25)27(30)35-36-31/h6-9,11-14,31H,4-5,10H2,1-3H3. The van der Waals surface area contributed by atoms with Gasteiger partial charge in [0, 0.05) is 17.2 Å². The lowest BCUT2D eigenvalue weighted by molar-refractivity contribution is -0.455. The molecule has 5 rings (SSSR count). The normalized spacial score (nSPS) is 11.3. The molecule has 36 heavy (non-hydrogen) atoms. The molecule has 0 amide bonds. The first-order chi connectivity index (χ1) is 17.5. The number of hydrogen-bond acceptors (Lipinski definition) is 9. The van der Waals surface area contributed by atoms with Crippen molar-refractivity contribution in [3.63, 3.8) is 0 Å². The summed E-state index contributed by atoms with van der Waals surface area (Å²) in [6.45, 7) is 6.52. The number of rotatable bonds is 8. The zero-order valence-corrected chi connectivity index (χ0v) is 20.0. The smallest absolute Gasteiger partial charge is 0.376 e. The second kappa shape index (κ2) is 9.80. The van der Waals surface area contributed by atoms with Gasteiger partial charge in [-0.05, 0) is 78.9 Å². The summed E-state index contributed by atoms with van der Waals surface area (Å²) >= 11 is 0. The van der Waals surface area contributed by atoms with E-state index in [1.54, 1.807) is 13.0 Å². The minimum absolute atomic E-state index is 0.194. The van der Waals surface area contributed by atoms with Crippen molar-refractivity contribution in [2.24, 2.45) is 0 Å². The number of carbonyl (C=O) groups is 1. The molecule has 0 aliphatic rings. The zero-order valence-electron chi connectivity index (χ0n) is 20.0. The van der Waals surface area contributed by atoms with Crippen molar-refractivity contribution in [3.8, 4) is 28.7 Å². The topological polar surface area (TPSA) is 117 Å². The molecule has 184 valence electrons. The second-order valence-corrected chi connectivity index (χ2v) is 8.48. The summed E-state index contributed by atoms with van der Waals surface area (Å²) in [5.74, 6) is 0.860. The monoisotopic (exact) mass is 488 g/mol. The first kappa shape index (κ1) is 23.5. The van der Waals surface area contributed by atoms with Gasteiger partial charge in [-0.3, -0.25) is 4.89 Å². The van der Waals surface area contributed by atoms with Crippen LogP contribution in [0.1, 0.15) is 41.3 Å². The molecular formula is C27H24N2O7. The Balaban J connectivity index is 1.41. The summed E-state index contributed by atoms with van der Waals surface area (Å²) < 4.78 is 17.8. The quantitative estimate of drug-likeness (QED) is 0.145. The Kier molecular flexibility index (Phi) is 6.41. The van der Waals surface area contributed by atoms with Gasteiger partial charge in [0.1, 0.15) is 16.8 Å². The van der Waals surface area contributed by atoms with Crippen LogP contribution in [0.15, 0.2) is 57.4 Å². The lowest BCUT2D eigenvalue weighted by atomic mass is 10.1. The van der Waals surface area contributed by atoms with Crippen LogP contribution in [0.5, 0.6) is 5.75 Å². The van der Waals surface area contributed by atoms with E-state index in [1.165, 1.54) is 6.07 Å². The van der Waals surface area contributed by atoms with Crippen molar-refractivity contribution in [1.29, 1.82) is 0 Å². The fourth-order valence-electron chi connectivity index (χ4n) is 3.92. The molecule has 1 N–H and O–H groups in total. The molecule has 0 aliphatic carbocycles. The SMILES string of the molecule is CCCCOc1cc2oc(-c3ccc(-c4nc5cc(C)c(C(=O)OOO)cc5o4)cc3)nc2cc1C. The molecule has 0 unspecified atom stereocenters. The maximum Gasteiger partial charge on any atom is 0.376 e. The molecule has 0 atom stereocenters. The predicted molar refractivity (Wildman–Crippen MR) is 131 cm³/mol. The van der Waals surface area contributed by atoms with Crippen LogP contribution < -0.4 is 4.74 Å². The molecule has 2 aromatic heterocycles. The number of benzene rings is 3. The number of ether oxygens (including phenoxy) is 1. The first-order valence-corrected chi connectivity index (χ1v) is 11.5. The Labute approximate surface area is 206 Å². The van der Waals surface area contributed by atoms with E-state index in [2.05, 4.69) is 26.8 Å². The van der Waals surface area contributed by atoms with Gasteiger partial charge in [0.15, 0.2) is 11.2 Å². The summed E-state index contributed by atoms with van der Waals surface area (Å²) in [5, 5.41) is 11.9. The average molecular weight is 488 g/mol. The van der Waals surface area contributed by atoms with Gasteiger partial charge < -0.3 is 13.6 Å². The van der Waals surface area contributed by atoms with Gasteiger partial charge in [-0.25, -0.2) is 20.0 Å². The molecular weight excluding hydrogens is 464 g/mol. The van der Waals surface area contributed by atoms with Crippen LogP contribution in [0.2, 0.25) is 0 Å². The molecule has 0 radical (unpaired) electrons. The molecule has 0 aliphatic heterocycles. The number of nitrogens with zero attached hydrogens (tertiary/aromatic N) is 2. The van der Waals surface area contributed by atoms with E-state index >= 15 is 0 Å². The van der Waals surface area contributed by atoms with Crippen LogP contribution in [0, 0.1) is 13.8 Å². The van der Waals surface area contributed by atoms with Crippen molar-refractivity contribution in [2.45, 2.75) is 33.6 Å². The Bertz CT molecular complexity index is 1550. The van der Waals surface area contributed by atoms with E-state index in [4.69, 9.17) is 18.8 Å². The molecule has 9 heteroatoms. The van der Waals surface area contributed by atoms with Gasteiger partial charge in [-0.2, -0.15) is 0 Å². The van der Waals surface area contributed by atoms with Crippen LogP contribution in [-0.4, -0.2) is 27.8 Å². The van der Waals surface area contributed by atoms with Crippen LogP contribution in [0.3, 0.4) is 0 Å². The van der Waals surface area contributed by atoms with E-state index in [9.17, 15) is 4.79 Å². The minimum atomic E-state index is -0.840. The van der Waals surface area contributed by atoms with E-state index in [1.807, 2.05) is 43.3 Å². The highest BCUT2D eigenvalue weighted by atomic mass is 17.5. The van der Waals surface area contributed by atoms with Crippen molar-refractivity contribution in [1.82, 2.24) is 9.97 Å². The maximum atomic E-state index is 11.9. The van der Waals surface area contributed by atoms with Gasteiger partial charge >= 0.3 is 5.97 Å². The Morgan fingerprint density at radius 2 is 1.47 bits per heavy atom. The maximum absolute atomic E-state index is 11.9. The Morgan fingerprint density at radius 1 is 0.889 bits per heavy atom. The summed E-state index contributed by atoms with van der Waals surface area (Å²) in [5.41, 5.74) is 5.78. The van der Waals surface area contributed by atoms with E-state index in [-0.39, 0.29) is 5.56 Å². The molecule has 0 saturated heterocycles. The van der Waals surface area contributed by atoms with Gasteiger partial charge in [-0.15, -0.1) is 0 Å². The summed E-state index contributed by atoms with van der Waals surface area (Å²) in [6, 6.07) is 14.5. The van der Waals surface area contributed by atoms with Crippen LogP contribution in [0.4, 0.5) is 0 Å². The molecule has 3 aromatic carbocycles. The van der Waals surface area contributed by atoms with E-state index in [0.29, 0.717) is 40.6 Å². The molecule has 9 nitrogen and oxygen atoms in total. The molecule has 0 saturated carbocycles. The highest BCUT2D eigenvalue weighted by Crippen LogP contribution is 2.32. The van der Waals surface area contributed by atoms with E-state index in [0.717, 1.165) is 40.8 Å². The van der Waals surface area contributed by atoms with Crippen LogP contribution >= 0.6 is 0 Å². The third kappa shape index (κ3) is 4.53. The van der Waals surface area contributed by atoms with Gasteiger partial charge in [-0.1, -0.05) is 13.3 Å². The van der Waals surface area contributed by atoms with Crippen molar-refractivity contribution >= 4 is 28.2 Å². The fourth-order valence-corrected chi connectivity index (χ4v) is 3.92. The molecule has 0 fully saturated rings. The summed E-state index contributed by atoms with van der Waals surface area (Å²) in [4.78, 5) is 25.3. The molecule has 0 bridgehead atoms.